The number of nitro groups is 1. The average Bonchev–Trinajstić information content (AvgIpc) is 2.35. The summed E-state index contributed by atoms with van der Waals surface area (Å²) in [6.07, 6.45) is 0.452. The maximum Gasteiger partial charge on any atom is 0.303 e. The highest BCUT2D eigenvalue weighted by Crippen LogP contribution is 2.32. The number of para-hydroxylation sites is 1. The zero-order chi connectivity index (χ0) is 13.1. The summed E-state index contributed by atoms with van der Waals surface area (Å²) in [4.78, 5) is 15.0. The van der Waals surface area contributed by atoms with Gasteiger partial charge in [-0.25, -0.2) is 0 Å². The summed E-state index contributed by atoms with van der Waals surface area (Å²) in [6.45, 7) is 0.423. The van der Waals surface area contributed by atoms with Gasteiger partial charge in [0.15, 0.2) is 0 Å². The average molecular weight is 247 g/mol. The maximum absolute atomic E-state index is 11.1. The molecule has 0 radical (unpaired) electrons. The molecule has 1 heterocycles. The highest BCUT2D eigenvalue weighted by Gasteiger charge is 2.21. The van der Waals surface area contributed by atoms with Crippen LogP contribution in [0.25, 0.3) is 10.9 Å². The molecular weight excluding hydrogens is 234 g/mol. The largest absolute Gasteiger partial charge is 0.392 e. The van der Waals surface area contributed by atoms with Gasteiger partial charge in [-0.3, -0.25) is 15.1 Å². The standard InChI is InChI=1S/C12H13N3O3/c1-18-7-6-10-11(13)12(15(16)17)8-4-2-3-5-9(8)14-10/h2-5H,6-7,13H2,1H3. The van der Waals surface area contributed by atoms with Gasteiger partial charge >= 0.3 is 5.69 Å². The third-order valence-corrected chi connectivity index (χ3v) is 2.71. The summed E-state index contributed by atoms with van der Waals surface area (Å²) in [5.74, 6) is 0. The van der Waals surface area contributed by atoms with Crippen LogP contribution in [0.1, 0.15) is 5.69 Å². The van der Waals surface area contributed by atoms with Gasteiger partial charge < -0.3 is 10.5 Å². The zero-order valence-electron chi connectivity index (χ0n) is 9.92. The number of benzene rings is 1. The molecule has 2 N–H and O–H groups in total. The number of nitrogens with two attached hydrogens (primary N) is 1. The number of anilines is 1. The van der Waals surface area contributed by atoms with Crippen LogP contribution in [0.2, 0.25) is 0 Å². The van der Waals surface area contributed by atoms with E-state index >= 15 is 0 Å². The van der Waals surface area contributed by atoms with Crippen molar-refractivity contribution in [2.45, 2.75) is 6.42 Å². The van der Waals surface area contributed by atoms with E-state index in [9.17, 15) is 10.1 Å². The summed E-state index contributed by atoms with van der Waals surface area (Å²) < 4.78 is 4.95. The SMILES string of the molecule is COCCc1nc2ccccc2c([N+](=O)[O-])c1N. The summed E-state index contributed by atoms with van der Waals surface area (Å²) in [5.41, 5.74) is 6.95. The molecule has 0 spiro atoms. The second-order valence-corrected chi connectivity index (χ2v) is 3.84. The van der Waals surface area contributed by atoms with E-state index in [1.165, 1.54) is 0 Å². The third kappa shape index (κ3) is 2.10. The first-order valence-electron chi connectivity index (χ1n) is 5.45. The Kier molecular flexibility index (Phi) is 3.38. The lowest BCUT2D eigenvalue weighted by Gasteiger charge is -2.08. The molecule has 6 heteroatoms. The van der Waals surface area contributed by atoms with E-state index in [4.69, 9.17) is 10.5 Å². The van der Waals surface area contributed by atoms with Crippen LogP contribution in [0.5, 0.6) is 0 Å². The number of pyridine rings is 1. The van der Waals surface area contributed by atoms with Crippen LogP contribution in [0.3, 0.4) is 0 Å². The molecule has 1 aromatic heterocycles. The second kappa shape index (κ2) is 4.97. The minimum absolute atomic E-state index is 0.0771. The quantitative estimate of drug-likeness (QED) is 0.658. The topological polar surface area (TPSA) is 91.3 Å². The van der Waals surface area contributed by atoms with E-state index in [1.54, 1.807) is 31.4 Å². The molecule has 0 aliphatic carbocycles. The van der Waals surface area contributed by atoms with Crippen LogP contribution in [0.15, 0.2) is 24.3 Å². The lowest BCUT2D eigenvalue weighted by atomic mass is 10.1. The Morgan fingerprint density at radius 3 is 2.83 bits per heavy atom. The molecule has 0 aliphatic rings. The molecule has 2 aromatic rings. The van der Waals surface area contributed by atoms with Gasteiger partial charge in [0, 0.05) is 13.5 Å². The zero-order valence-corrected chi connectivity index (χ0v) is 9.92. The molecule has 1 aromatic carbocycles. The molecule has 0 aliphatic heterocycles. The molecule has 6 nitrogen and oxygen atoms in total. The number of nitrogen functional groups attached to an aromatic ring is 1. The molecule has 0 bridgehead atoms. The number of nitrogens with zero attached hydrogens (tertiary/aromatic N) is 2. The van der Waals surface area contributed by atoms with Gasteiger partial charge in [-0.1, -0.05) is 12.1 Å². The normalized spacial score (nSPS) is 10.7. The van der Waals surface area contributed by atoms with Crippen LogP contribution < -0.4 is 5.73 Å². The van der Waals surface area contributed by atoms with Crippen molar-refractivity contribution < 1.29 is 9.66 Å². The number of ether oxygens (including phenoxy) is 1. The van der Waals surface area contributed by atoms with E-state index in [-0.39, 0.29) is 11.4 Å². The molecule has 94 valence electrons. The fourth-order valence-corrected chi connectivity index (χ4v) is 1.84. The van der Waals surface area contributed by atoms with Crippen molar-refractivity contribution in [3.63, 3.8) is 0 Å². The predicted octanol–water partition coefficient (Wildman–Crippen LogP) is 1.91. The number of fused-ring (bicyclic) bond motifs is 1. The molecule has 0 saturated heterocycles. The van der Waals surface area contributed by atoms with Crippen molar-refractivity contribution in [1.82, 2.24) is 4.98 Å². The molecule has 0 unspecified atom stereocenters. The monoisotopic (exact) mass is 247 g/mol. The van der Waals surface area contributed by atoms with Gasteiger partial charge in [0.1, 0.15) is 5.69 Å². The first-order chi connectivity index (χ1) is 8.65. The molecule has 18 heavy (non-hydrogen) atoms. The van der Waals surface area contributed by atoms with Crippen molar-refractivity contribution in [2.75, 3.05) is 19.5 Å². The fraction of sp³-hybridized carbons (Fsp3) is 0.250. The second-order valence-electron chi connectivity index (χ2n) is 3.84. The van der Waals surface area contributed by atoms with Crippen LogP contribution in [-0.2, 0) is 11.2 Å². The van der Waals surface area contributed by atoms with Gasteiger partial charge in [-0.05, 0) is 12.1 Å². The van der Waals surface area contributed by atoms with Crippen molar-refractivity contribution in [3.05, 3.63) is 40.1 Å². The van der Waals surface area contributed by atoms with Crippen molar-refractivity contribution in [3.8, 4) is 0 Å². The molecule has 0 fully saturated rings. The molecule has 0 atom stereocenters. The Hall–Kier alpha value is -2.21. The van der Waals surface area contributed by atoms with E-state index in [0.717, 1.165) is 0 Å². The summed E-state index contributed by atoms with van der Waals surface area (Å²) in [6, 6.07) is 6.90. The van der Waals surface area contributed by atoms with Crippen LogP contribution in [-0.4, -0.2) is 23.6 Å². The van der Waals surface area contributed by atoms with Gasteiger partial charge in [0.25, 0.3) is 0 Å². The van der Waals surface area contributed by atoms with Crippen LogP contribution >= 0.6 is 0 Å². The number of hydrogen-bond acceptors (Lipinski definition) is 5. The lowest BCUT2D eigenvalue weighted by Crippen LogP contribution is -2.06. The summed E-state index contributed by atoms with van der Waals surface area (Å²) >= 11 is 0. The Bertz CT molecular complexity index is 598. The Labute approximate surface area is 104 Å². The minimum Gasteiger partial charge on any atom is -0.392 e. The Morgan fingerprint density at radius 2 is 2.17 bits per heavy atom. The van der Waals surface area contributed by atoms with E-state index in [2.05, 4.69) is 4.98 Å². The molecule has 0 saturated carbocycles. The highest BCUT2D eigenvalue weighted by atomic mass is 16.6. The number of rotatable bonds is 4. The first-order valence-corrected chi connectivity index (χ1v) is 5.45. The molecule has 2 rings (SSSR count). The minimum atomic E-state index is -0.463. The molecule has 0 amide bonds. The Morgan fingerprint density at radius 1 is 1.44 bits per heavy atom. The van der Waals surface area contributed by atoms with E-state index in [0.29, 0.717) is 29.6 Å². The predicted molar refractivity (Wildman–Crippen MR) is 68.4 cm³/mol. The third-order valence-electron chi connectivity index (χ3n) is 2.71. The van der Waals surface area contributed by atoms with Gasteiger partial charge in [0.05, 0.1) is 28.1 Å². The van der Waals surface area contributed by atoms with Crippen LogP contribution in [0.4, 0.5) is 11.4 Å². The van der Waals surface area contributed by atoms with Crippen molar-refractivity contribution in [2.24, 2.45) is 0 Å². The van der Waals surface area contributed by atoms with Gasteiger partial charge in [0.2, 0.25) is 0 Å². The lowest BCUT2D eigenvalue weighted by molar-refractivity contribution is -0.382. The van der Waals surface area contributed by atoms with E-state index in [1.807, 2.05) is 0 Å². The van der Waals surface area contributed by atoms with Gasteiger partial charge in [-0.2, -0.15) is 0 Å². The fourth-order valence-electron chi connectivity index (χ4n) is 1.84. The number of methoxy groups -OCH3 is 1. The number of aromatic nitrogens is 1. The smallest absolute Gasteiger partial charge is 0.303 e. The van der Waals surface area contributed by atoms with Crippen LogP contribution in [0, 0.1) is 10.1 Å². The summed E-state index contributed by atoms with van der Waals surface area (Å²) in [5, 5.41) is 11.6. The highest BCUT2D eigenvalue weighted by molar-refractivity contribution is 5.94. The Balaban J connectivity index is 2.67. The maximum atomic E-state index is 11.1. The van der Waals surface area contributed by atoms with E-state index < -0.39 is 4.92 Å². The first kappa shape index (κ1) is 12.3. The van der Waals surface area contributed by atoms with Crippen molar-refractivity contribution in [1.29, 1.82) is 0 Å². The van der Waals surface area contributed by atoms with Gasteiger partial charge in [-0.15, -0.1) is 0 Å². The van der Waals surface area contributed by atoms with Crippen molar-refractivity contribution >= 4 is 22.3 Å². The summed E-state index contributed by atoms with van der Waals surface area (Å²) in [7, 11) is 1.56. The number of hydrogen-bond donors (Lipinski definition) is 1. The molecular formula is C12H13N3O3.